The molecule has 0 heterocycles. The van der Waals surface area contributed by atoms with Crippen LogP contribution in [0.3, 0.4) is 0 Å². The van der Waals surface area contributed by atoms with E-state index in [9.17, 15) is 4.79 Å². The Labute approximate surface area is 104 Å². The molecule has 1 rings (SSSR count). The van der Waals surface area contributed by atoms with Crippen molar-refractivity contribution in [2.45, 2.75) is 46.1 Å². The normalized spacial score (nSPS) is 25.6. The van der Waals surface area contributed by atoms with E-state index in [1.807, 2.05) is 13.8 Å². The number of hydrogen-bond donors (Lipinski definition) is 0. The third kappa shape index (κ3) is 5.35. The quantitative estimate of drug-likeness (QED) is 0.529. The van der Waals surface area contributed by atoms with Crippen molar-refractivity contribution in [2.75, 3.05) is 13.2 Å². The van der Waals surface area contributed by atoms with E-state index in [2.05, 4.69) is 19.1 Å². The highest BCUT2D eigenvalue weighted by Crippen LogP contribution is 2.25. The van der Waals surface area contributed by atoms with Crippen molar-refractivity contribution in [3.8, 4) is 0 Å². The average molecular weight is 240 g/mol. The Hall–Kier alpha value is -0.830. The monoisotopic (exact) mass is 240 g/mol. The molecule has 3 nitrogen and oxygen atoms in total. The second-order valence-electron chi connectivity index (χ2n) is 4.83. The van der Waals surface area contributed by atoms with Gasteiger partial charge in [0, 0.05) is 0 Å². The maximum atomic E-state index is 11.3. The fraction of sp³-hybridized carbons (Fsp3) is 0.786. The van der Waals surface area contributed by atoms with Crippen LogP contribution in [-0.4, -0.2) is 25.3 Å². The van der Waals surface area contributed by atoms with Crippen LogP contribution >= 0.6 is 0 Å². The van der Waals surface area contributed by atoms with Crippen LogP contribution in [0.2, 0.25) is 0 Å². The Morgan fingerprint density at radius 1 is 1.41 bits per heavy atom. The molecule has 3 heteroatoms. The lowest BCUT2D eigenvalue weighted by Crippen LogP contribution is -2.24. The average Bonchev–Trinajstić information content (AvgIpc) is 2.28. The molecule has 1 aliphatic carbocycles. The van der Waals surface area contributed by atoms with Gasteiger partial charge < -0.3 is 9.47 Å². The molecule has 0 N–H and O–H groups in total. The molecule has 3 unspecified atom stereocenters. The summed E-state index contributed by atoms with van der Waals surface area (Å²) in [5.41, 5.74) is 0. The fourth-order valence-corrected chi connectivity index (χ4v) is 2.04. The van der Waals surface area contributed by atoms with Gasteiger partial charge in [-0.2, -0.15) is 0 Å². The number of ether oxygens (including phenoxy) is 2. The highest BCUT2D eigenvalue weighted by molar-refractivity contribution is 5.69. The Kier molecular flexibility index (Phi) is 6.27. The SMILES string of the molecule is CCOC(=O)CC(C)OCC1CC=CCC1C. The second-order valence-corrected chi connectivity index (χ2v) is 4.83. The molecule has 0 aromatic heterocycles. The summed E-state index contributed by atoms with van der Waals surface area (Å²) in [7, 11) is 0. The first-order valence-corrected chi connectivity index (χ1v) is 6.55. The van der Waals surface area contributed by atoms with E-state index < -0.39 is 0 Å². The molecule has 0 amide bonds. The molecule has 0 saturated carbocycles. The van der Waals surface area contributed by atoms with Gasteiger partial charge in [0.05, 0.1) is 25.7 Å². The molecule has 0 aromatic carbocycles. The van der Waals surface area contributed by atoms with Gasteiger partial charge in [-0.3, -0.25) is 4.79 Å². The van der Waals surface area contributed by atoms with E-state index >= 15 is 0 Å². The van der Waals surface area contributed by atoms with Gasteiger partial charge in [-0.15, -0.1) is 0 Å². The first-order valence-electron chi connectivity index (χ1n) is 6.55. The zero-order valence-corrected chi connectivity index (χ0v) is 11.1. The van der Waals surface area contributed by atoms with Gasteiger partial charge in [-0.05, 0) is 38.5 Å². The molecular weight excluding hydrogens is 216 g/mol. The molecular formula is C14H24O3. The van der Waals surface area contributed by atoms with Crippen LogP contribution in [0.5, 0.6) is 0 Å². The Bertz CT molecular complexity index is 260. The van der Waals surface area contributed by atoms with E-state index in [4.69, 9.17) is 9.47 Å². The Morgan fingerprint density at radius 3 is 2.76 bits per heavy atom. The lowest BCUT2D eigenvalue weighted by molar-refractivity contribution is -0.146. The van der Waals surface area contributed by atoms with Gasteiger partial charge in [-0.1, -0.05) is 19.1 Å². The van der Waals surface area contributed by atoms with Crippen LogP contribution in [0, 0.1) is 11.8 Å². The topological polar surface area (TPSA) is 35.5 Å². The first kappa shape index (κ1) is 14.2. The number of esters is 1. The van der Waals surface area contributed by atoms with Gasteiger partial charge in [0.15, 0.2) is 0 Å². The van der Waals surface area contributed by atoms with Gasteiger partial charge >= 0.3 is 5.97 Å². The smallest absolute Gasteiger partial charge is 0.308 e. The van der Waals surface area contributed by atoms with Crippen molar-refractivity contribution in [1.29, 1.82) is 0 Å². The number of carbonyl (C=O) groups excluding carboxylic acids is 1. The van der Waals surface area contributed by atoms with Crippen LogP contribution in [0.1, 0.15) is 40.0 Å². The van der Waals surface area contributed by atoms with Gasteiger partial charge in [0.2, 0.25) is 0 Å². The summed E-state index contributed by atoms with van der Waals surface area (Å²) in [4.78, 5) is 11.3. The van der Waals surface area contributed by atoms with Crippen LogP contribution in [0.15, 0.2) is 12.2 Å². The molecule has 17 heavy (non-hydrogen) atoms. The number of allylic oxidation sites excluding steroid dienone is 2. The summed E-state index contributed by atoms with van der Waals surface area (Å²) in [5, 5.41) is 0. The van der Waals surface area contributed by atoms with Crippen LogP contribution in [0.25, 0.3) is 0 Å². The third-order valence-electron chi connectivity index (χ3n) is 3.27. The predicted molar refractivity (Wildman–Crippen MR) is 67.7 cm³/mol. The molecule has 0 bridgehead atoms. The third-order valence-corrected chi connectivity index (χ3v) is 3.27. The van der Waals surface area contributed by atoms with Gasteiger partial charge in [0.25, 0.3) is 0 Å². The molecule has 0 spiro atoms. The van der Waals surface area contributed by atoms with E-state index in [1.165, 1.54) is 0 Å². The Balaban J connectivity index is 2.20. The molecule has 0 aromatic rings. The maximum Gasteiger partial charge on any atom is 0.308 e. The van der Waals surface area contributed by atoms with Crippen LogP contribution < -0.4 is 0 Å². The van der Waals surface area contributed by atoms with Crippen molar-refractivity contribution in [2.24, 2.45) is 11.8 Å². The maximum absolute atomic E-state index is 11.3. The van der Waals surface area contributed by atoms with Crippen molar-refractivity contribution >= 4 is 5.97 Å². The van der Waals surface area contributed by atoms with E-state index in [0.29, 0.717) is 24.9 Å². The van der Waals surface area contributed by atoms with Crippen molar-refractivity contribution < 1.29 is 14.3 Å². The number of rotatable bonds is 6. The van der Waals surface area contributed by atoms with Gasteiger partial charge in [0.1, 0.15) is 0 Å². The summed E-state index contributed by atoms with van der Waals surface area (Å²) in [6.45, 7) is 7.19. The van der Waals surface area contributed by atoms with E-state index in [-0.39, 0.29) is 12.1 Å². The standard InChI is InChI=1S/C14H24O3/c1-4-16-14(15)9-12(3)17-10-13-8-6-5-7-11(13)2/h5-6,11-13H,4,7-10H2,1-3H3. The zero-order chi connectivity index (χ0) is 12.7. The number of carbonyl (C=O) groups is 1. The minimum atomic E-state index is -0.170. The van der Waals surface area contributed by atoms with Crippen molar-refractivity contribution in [3.63, 3.8) is 0 Å². The molecule has 0 fully saturated rings. The summed E-state index contributed by atoms with van der Waals surface area (Å²) in [5.74, 6) is 1.09. The van der Waals surface area contributed by atoms with Crippen molar-refractivity contribution in [1.82, 2.24) is 0 Å². The highest BCUT2D eigenvalue weighted by Gasteiger charge is 2.20. The summed E-state index contributed by atoms with van der Waals surface area (Å²) < 4.78 is 10.6. The number of hydrogen-bond acceptors (Lipinski definition) is 3. The fourth-order valence-electron chi connectivity index (χ4n) is 2.04. The first-order chi connectivity index (χ1) is 8.13. The van der Waals surface area contributed by atoms with Crippen molar-refractivity contribution in [3.05, 3.63) is 12.2 Å². The molecule has 0 aliphatic heterocycles. The second kappa shape index (κ2) is 7.49. The summed E-state index contributed by atoms with van der Waals surface area (Å²) in [6, 6.07) is 0. The van der Waals surface area contributed by atoms with E-state index in [0.717, 1.165) is 19.4 Å². The van der Waals surface area contributed by atoms with Crippen LogP contribution in [-0.2, 0) is 14.3 Å². The molecule has 0 saturated heterocycles. The van der Waals surface area contributed by atoms with E-state index in [1.54, 1.807) is 0 Å². The summed E-state index contributed by atoms with van der Waals surface area (Å²) in [6.07, 6.45) is 7.00. The largest absolute Gasteiger partial charge is 0.466 e. The van der Waals surface area contributed by atoms with Crippen LogP contribution in [0.4, 0.5) is 0 Å². The minimum Gasteiger partial charge on any atom is -0.466 e. The highest BCUT2D eigenvalue weighted by atomic mass is 16.5. The lowest BCUT2D eigenvalue weighted by atomic mass is 9.85. The minimum absolute atomic E-state index is 0.0489. The zero-order valence-electron chi connectivity index (χ0n) is 11.1. The molecule has 0 radical (unpaired) electrons. The molecule has 1 aliphatic rings. The van der Waals surface area contributed by atoms with Gasteiger partial charge in [-0.25, -0.2) is 0 Å². The predicted octanol–water partition coefficient (Wildman–Crippen LogP) is 2.95. The lowest BCUT2D eigenvalue weighted by Gasteiger charge is -2.26. The summed E-state index contributed by atoms with van der Waals surface area (Å²) >= 11 is 0. The Morgan fingerprint density at radius 2 is 2.12 bits per heavy atom. The molecule has 3 atom stereocenters. The molecule has 98 valence electrons.